The molecule has 2 N–H and O–H groups in total. The van der Waals surface area contributed by atoms with E-state index >= 15 is 0 Å². The lowest BCUT2D eigenvalue weighted by Crippen LogP contribution is -2.24. The molecule has 4 nitrogen and oxygen atoms in total. The quantitative estimate of drug-likeness (QED) is 0.505. The molecule has 0 heterocycles. The van der Waals surface area contributed by atoms with E-state index in [0.29, 0.717) is 17.9 Å². The van der Waals surface area contributed by atoms with Crippen LogP contribution in [0.25, 0.3) is 0 Å². The van der Waals surface area contributed by atoms with E-state index in [9.17, 15) is 9.59 Å². The van der Waals surface area contributed by atoms with Gasteiger partial charge in [0.1, 0.15) is 0 Å². The van der Waals surface area contributed by atoms with Gasteiger partial charge < -0.3 is 10.6 Å². The fourth-order valence-electron chi connectivity index (χ4n) is 2.45. The third kappa shape index (κ3) is 7.27. The topological polar surface area (TPSA) is 58.2 Å². The van der Waals surface area contributed by atoms with Crippen LogP contribution in [0.15, 0.2) is 53.4 Å². The Morgan fingerprint density at radius 3 is 2.44 bits per heavy atom. The number of halogens is 1. The number of thioether (sulfide) groups is 1. The van der Waals surface area contributed by atoms with Crippen molar-refractivity contribution in [2.75, 3.05) is 10.6 Å². The van der Waals surface area contributed by atoms with Gasteiger partial charge in [-0.2, -0.15) is 0 Å². The van der Waals surface area contributed by atoms with Crippen molar-refractivity contribution in [1.82, 2.24) is 0 Å². The molecule has 0 aliphatic rings. The van der Waals surface area contributed by atoms with Gasteiger partial charge in [0.15, 0.2) is 0 Å². The van der Waals surface area contributed by atoms with Crippen molar-refractivity contribution in [3.63, 3.8) is 0 Å². The monoisotopic (exact) mass is 404 g/mol. The number of amides is 2. The Balaban J connectivity index is 1.98. The Kier molecular flexibility index (Phi) is 8.69. The maximum absolute atomic E-state index is 12.6. The molecule has 2 rings (SSSR count). The molecule has 6 heteroatoms. The smallest absolute Gasteiger partial charge is 0.237 e. The van der Waals surface area contributed by atoms with Gasteiger partial charge in [0.05, 0.1) is 5.25 Å². The highest BCUT2D eigenvalue weighted by Gasteiger charge is 2.18. The number of hydrogen-bond donors (Lipinski definition) is 2. The number of hydrogen-bond acceptors (Lipinski definition) is 3. The van der Waals surface area contributed by atoms with Crippen molar-refractivity contribution < 1.29 is 9.59 Å². The van der Waals surface area contributed by atoms with E-state index in [1.165, 1.54) is 11.8 Å². The second-order valence-electron chi connectivity index (χ2n) is 6.19. The van der Waals surface area contributed by atoms with Gasteiger partial charge in [0.2, 0.25) is 11.8 Å². The van der Waals surface area contributed by atoms with E-state index < -0.39 is 0 Å². The minimum absolute atomic E-state index is 0.0199. The number of carbonyl (C=O) groups is 2. The van der Waals surface area contributed by atoms with E-state index in [1.807, 2.05) is 31.2 Å². The zero-order chi connectivity index (χ0) is 19.6. The Morgan fingerprint density at radius 1 is 1.04 bits per heavy atom. The summed E-state index contributed by atoms with van der Waals surface area (Å²) < 4.78 is 0. The predicted molar refractivity (Wildman–Crippen MR) is 115 cm³/mol. The van der Waals surface area contributed by atoms with Gasteiger partial charge in [0.25, 0.3) is 0 Å². The summed E-state index contributed by atoms with van der Waals surface area (Å²) in [6.45, 7) is 4.04. The van der Waals surface area contributed by atoms with Crippen LogP contribution in [0.3, 0.4) is 0 Å². The number of carbonyl (C=O) groups excluding carboxylic acids is 2. The molecule has 144 valence electrons. The van der Waals surface area contributed by atoms with E-state index in [-0.39, 0.29) is 17.1 Å². The van der Waals surface area contributed by atoms with Gasteiger partial charge in [-0.05, 0) is 55.3 Å². The highest BCUT2D eigenvalue weighted by molar-refractivity contribution is 8.00. The van der Waals surface area contributed by atoms with Crippen LogP contribution in [0, 0.1) is 0 Å². The van der Waals surface area contributed by atoms with Crippen molar-refractivity contribution in [3.05, 3.63) is 53.6 Å². The standard InChI is InChI=1S/C21H25ClN2O2S/c1-3-5-9-20(25)23-17-7-6-8-18(14-17)27-19(4-2)21(26)24-16-12-10-15(22)11-13-16/h6-8,10-14,19H,3-5,9H2,1-2H3,(H,23,25)(H,24,26). The minimum atomic E-state index is -0.230. The van der Waals surface area contributed by atoms with Gasteiger partial charge in [-0.25, -0.2) is 0 Å². The zero-order valence-electron chi connectivity index (χ0n) is 15.6. The first kappa shape index (κ1) is 21.3. The first-order chi connectivity index (χ1) is 13.0. The average molecular weight is 405 g/mol. The van der Waals surface area contributed by atoms with Crippen LogP contribution in [0.4, 0.5) is 11.4 Å². The fourth-order valence-corrected chi connectivity index (χ4v) is 3.59. The second-order valence-corrected chi connectivity index (χ2v) is 7.90. The maximum atomic E-state index is 12.6. The van der Waals surface area contributed by atoms with Gasteiger partial charge in [-0.1, -0.05) is 37.9 Å². The molecule has 0 spiro atoms. The summed E-state index contributed by atoms with van der Waals surface area (Å²) in [4.78, 5) is 25.4. The summed E-state index contributed by atoms with van der Waals surface area (Å²) in [6, 6.07) is 14.7. The van der Waals surface area contributed by atoms with Gasteiger partial charge in [-0.15, -0.1) is 11.8 Å². The molecule has 2 aromatic rings. The minimum Gasteiger partial charge on any atom is -0.326 e. The van der Waals surface area contributed by atoms with Crippen LogP contribution >= 0.6 is 23.4 Å². The molecule has 0 aliphatic carbocycles. The lowest BCUT2D eigenvalue weighted by atomic mass is 10.2. The number of unbranched alkanes of at least 4 members (excludes halogenated alkanes) is 1. The lowest BCUT2D eigenvalue weighted by molar-refractivity contribution is -0.116. The molecule has 0 bridgehead atoms. The van der Waals surface area contributed by atoms with Gasteiger partial charge in [0, 0.05) is 27.7 Å². The summed E-state index contributed by atoms with van der Waals surface area (Å²) in [5.41, 5.74) is 1.48. The molecule has 0 saturated carbocycles. The van der Waals surface area contributed by atoms with Crippen molar-refractivity contribution >= 4 is 46.6 Å². The summed E-state index contributed by atoms with van der Waals surface area (Å²) in [6.07, 6.45) is 3.08. The normalized spacial score (nSPS) is 11.7. The SMILES string of the molecule is CCCCC(=O)Nc1cccc(SC(CC)C(=O)Nc2ccc(Cl)cc2)c1. The predicted octanol–water partition coefficient (Wildman–Crippen LogP) is 5.98. The zero-order valence-corrected chi connectivity index (χ0v) is 17.2. The number of benzene rings is 2. The highest BCUT2D eigenvalue weighted by Crippen LogP contribution is 2.28. The largest absolute Gasteiger partial charge is 0.326 e. The Hall–Kier alpha value is -1.98. The van der Waals surface area contributed by atoms with E-state index in [2.05, 4.69) is 17.6 Å². The van der Waals surface area contributed by atoms with Crippen LogP contribution in [-0.2, 0) is 9.59 Å². The third-order valence-electron chi connectivity index (χ3n) is 3.93. The molecule has 0 radical (unpaired) electrons. The van der Waals surface area contributed by atoms with E-state index in [4.69, 9.17) is 11.6 Å². The molecular weight excluding hydrogens is 380 g/mol. The van der Waals surface area contributed by atoms with Crippen molar-refractivity contribution in [3.8, 4) is 0 Å². The Bertz CT molecular complexity index is 765. The molecule has 0 fully saturated rings. The summed E-state index contributed by atoms with van der Waals surface area (Å²) >= 11 is 7.37. The van der Waals surface area contributed by atoms with Crippen LogP contribution in [0.1, 0.15) is 39.5 Å². The number of anilines is 2. The molecule has 27 heavy (non-hydrogen) atoms. The summed E-state index contributed by atoms with van der Waals surface area (Å²) in [7, 11) is 0. The molecule has 2 aromatic carbocycles. The molecule has 2 amide bonds. The molecular formula is C21H25ClN2O2S. The van der Waals surface area contributed by atoms with Crippen LogP contribution in [-0.4, -0.2) is 17.1 Å². The Labute approximate surface area is 170 Å². The lowest BCUT2D eigenvalue weighted by Gasteiger charge is -2.15. The third-order valence-corrected chi connectivity index (χ3v) is 5.54. The number of nitrogens with one attached hydrogen (secondary N) is 2. The van der Waals surface area contributed by atoms with Crippen molar-refractivity contribution in [1.29, 1.82) is 0 Å². The van der Waals surface area contributed by atoms with Crippen molar-refractivity contribution in [2.45, 2.75) is 49.7 Å². The van der Waals surface area contributed by atoms with E-state index in [1.54, 1.807) is 24.3 Å². The molecule has 0 saturated heterocycles. The molecule has 1 atom stereocenters. The second kappa shape index (κ2) is 11.0. The van der Waals surface area contributed by atoms with Gasteiger partial charge in [-0.3, -0.25) is 9.59 Å². The molecule has 0 aromatic heterocycles. The number of rotatable bonds is 9. The summed E-state index contributed by atoms with van der Waals surface area (Å²) in [5, 5.41) is 6.24. The average Bonchev–Trinajstić information content (AvgIpc) is 2.66. The molecule has 1 unspecified atom stereocenters. The highest BCUT2D eigenvalue weighted by atomic mass is 35.5. The van der Waals surface area contributed by atoms with E-state index in [0.717, 1.165) is 29.1 Å². The van der Waals surface area contributed by atoms with Crippen molar-refractivity contribution in [2.24, 2.45) is 0 Å². The molecule has 0 aliphatic heterocycles. The summed E-state index contributed by atoms with van der Waals surface area (Å²) in [5.74, 6) is -0.0336. The van der Waals surface area contributed by atoms with Crippen LogP contribution in [0.5, 0.6) is 0 Å². The fraction of sp³-hybridized carbons (Fsp3) is 0.333. The van der Waals surface area contributed by atoms with Crippen LogP contribution < -0.4 is 10.6 Å². The van der Waals surface area contributed by atoms with Gasteiger partial charge >= 0.3 is 0 Å². The van der Waals surface area contributed by atoms with Crippen LogP contribution in [0.2, 0.25) is 5.02 Å². The Morgan fingerprint density at radius 2 is 1.78 bits per heavy atom. The first-order valence-electron chi connectivity index (χ1n) is 9.14. The maximum Gasteiger partial charge on any atom is 0.237 e. The first-order valence-corrected chi connectivity index (χ1v) is 10.4.